The fourth-order valence-electron chi connectivity index (χ4n) is 1.55. The monoisotopic (exact) mass is 317 g/mol. The molecule has 3 heteroatoms. The number of allylic oxidation sites excluding steroid dienone is 1. The molecule has 0 saturated carbocycles. The largest absolute Gasteiger partial charge is 0.168 e. The molecule has 2 rings (SSSR count). The van der Waals surface area contributed by atoms with Gasteiger partial charge in [0.2, 0.25) is 0 Å². The summed E-state index contributed by atoms with van der Waals surface area (Å²) < 4.78 is 0. The van der Waals surface area contributed by atoms with E-state index in [1.165, 1.54) is 16.3 Å². The number of halogens is 2. The first-order valence-electron chi connectivity index (χ1n) is 4.16. The molecule has 0 atom stereocenters. The molecule has 0 unspecified atom stereocenters. The Morgan fingerprint density at radius 2 is 1.80 bits per heavy atom. The Kier molecular flexibility index (Phi) is 9.55. The van der Waals surface area contributed by atoms with Crippen molar-refractivity contribution < 1.29 is 26.2 Å². The van der Waals surface area contributed by atoms with Crippen LogP contribution in [0, 0.1) is 0 Å². The Bertz CT molecular complexity index is 407. The quantitative estimate of drug-likeness (QED) is 0.577. The van der Waals surface area contributed by atoms with Gasteiger partial charge in [0.1, 0.15) is 0 Å². The van der Waals surface area contributed by atoms with E-state index in [0.29, 0.717) is 0 Å². The van der Waals surface area contributed by atoms with Gasteiger partial charge in [0.25, 0.3) is 0 Å². The van der Waals surface area contributed by atoms with E-state index < -0.39 is 0 Å². The zero-order valence-corrected chi connectivity index (χ0v) is 12.4. The van der Waals surface area contributed by atoms with Gasteiger partial charge >= 0.3 is 0 Å². The van der Waals surface area contributed by atoms with Gasteiger partial charge in [0.05, 0.1) is 0 Å². The van der Waals surface area contributed by atoms with E-state index in [-0.39, 0.29) is 51.0 Å². The van der Waals surface area contributed by atoms with Crippen molar-refractivity contribution >= 4 is 35.6 Å². The Balaban J connectivity index is 0. The van der Waals surface area contributed by atoms with Gasteiger partial charge < -0.3 is 0 Å². The Morgan fingerprint density at radius 1 is 1.13 bits per heavy atom. The van der Waals surface area contributed by atoms with Crippen LogP contribution < -0.4 is 0 Å². The van der Waals surface area contributed by atoms with E-state index in [1.807, 2.05) is 6.08 Å². The van der Waals surface area contributed by atoms with Crippen molar-refractivity contribution in [1.29, 1.82) is 0 Å². The topological polar surface area (TPSA) is 0 Å². The summed E-state index contributed by atoms with van der Waals surface area (Å²) in [5.41, 5.74) is 1.38. The normalized spacial score (nSPS) is 8.27. The Morgan fingerprint density at radius 3 is 2.47 bits per heavy atom. The number of hydrogen-bond acceptors (Lipinski definition) is 0. The van der Waals surface area contributed by atoms with Crippen LogP contribution in [0.5, 0.6) is 0 Å². The van der Waals surface area contributed by atoms with Crippen LogP contribution >= 0.6 is 24.8 Å². The van der Waals surface area contributed by atoms with E-state index in [1.54, 1.807) is 0 Å². The summed E-state index contributed by atoms with van der Waals surface area (Å²) in [6.45, 7) is 3.74. The molecule has 2 aromatic rings. The molecule has 0 nitrogen and oxygen atoms in total. The van der Waals surface area contributed by atoms with E-state index in [2.05, 4.69) is 43.0 Å². The van der Waals surface area contributed by atoms with E-state index in [9.17, 15) is 0 Å². The molecule has 0 spiro atoms. The van der Waals surface area contributed by atoms with Crippen LogP contribution in [0.25, 0.3) is 10.8 Å². The predicted molar refractivity (Wildman–Crippen MR) is 67.9 cm³/mol. The van der Waals surface area contributed by atoms with Gasteiger partial charge in [-0.05, 0) is 6.42 Å². The first kappa shape index (κ1) is 17.4. The maximum atomic E-state index is 3.74. The second-order valence-electron chi connectivity index (χ2n) is 2.94. The average molecular weight is 319 g/mol. The summed E-state index contributed by atoms with van der Waals surface area (Å²) in [5.74, 6) is 0. The van der Waals surface area contributed by atoms with Crippen LogP contribution in [0.15, 0.2) is 49.1 Å². The number of rotatable bonds is 2. The molecule has 15 heavy (non-hydrogen) atoms. The van der Waals surface area contributed by atoms with Crippen molar-refractivity contribution in [1.82, 2.24) is 0 Å². The van der Waals surface area contributed by atoms with Gasteiger partial charge in [-0.25, -0.2) is 0 Å². The maximum Gasteiger partial charge on any atom is 0 e. The summed E-state index contributed by atoms with van der Waals surface area (Å²) in [5, 5.41) is 2.69. The van der Waals surface area contributed by atoms with Crippen molar-refractivity contribution in [3.8, 4) is 0 Å². The number of benzene rings is 1. The van der Waals surface area contributed by atoms with Crippen LogP contribution in [0.3, 0.4) is 0 Å². The second kappa shape index (κ2) is 8.22. The number of fused-ring (bicyclic) bond motifs is 1. The van der Waals surface area contributed by atoms with Gasteiger partial charge in [-0.1, -0.05) is 12.1 Å². The summed E-state index contributed by atoms with van der Waals surface area (Å²) in [7, 11) is 0. The van der Waals surface area contributed by atoms with Gasteiger partial charge in [-0.2, -0.15) is 6.07 Å². The molecular formula is C12H13Cl2Zr-. The van der Waals surface area contributed by atoms with E-state index >= 15 is 0 Å². The maximum absolute atomic E-state index is 3.74. The second-order valence-corrected chi connectivity index (χ2v) is 2.94. The Labute approximate surface area is 122 Å². The van der Waals surface area contributed by atoms with Crippen LogP contribution in [0.2, 0.25) is 0 Å². The number of hydrogen-bond donors (Lipinski definition) is 0. The molecule has 0 aliphatic rings. The standard InChI is InChI=1S/C12H11.2ClH.Zr/c1-2-5-10-8-9-11-6-3-4-7-12(10)11;;;/h2-4,6-9H,1,5H2;2*1H;/q-1;;;. The summed E-state index contributed by atoms with van der Waals surface area (Å²) in [6.07, 6.45) is 2.91. The van der Waals surface area contributed by atoms with Crippen LogP contribution in [0.1, 0.15) is 5.56 Å². The van der Waals surface area contributed by atoms with Crippen molar-refractivity contribution in [3.05, 3.63) is 54.6 Å². The zero-order chi connectivity index (χ0) is 8.39. The molecule has 0 heterocycles. The third-order valence-electron chi connectivity index (χ3n) is 2.14. The van der Waals surface area contributed by atoms with Gasteiger partial charge in [0, 0.05) is 26.2 Å². The van der Waals surface area contributed by atoms with E-state index in [4.69, 9.17) is 0 Å². The first-order valence-corrected chi connectivity index (χ1v) is 4.16. The first-order chi connectivity index (χ1) is 5.92. The molecular weight excluding hydrogens is 306 g/mol. The van der Waals surface area contributed by atoms with Crippen molar-refractivity contribution in [2.24, 2.45) is 0 Å². The van der Waals surface area contributed by atoms with Crippen molar-refractivity contribution in [3.63, 3.8) is 0 Å². The van der Waals surface area contributed by atoms with Gasteiger partial charge in [0.15, 0.2) is 0 Å². The Hall–Kier alpha value is 0.0331. The van der Waals surface area contributed by atoms with Crippen molar-refractivity contribution in [2.75, 3.05) is 0 Å². The average Bonchev–Trinajstić information content (AvgIpc) is 2.50. The van der Waals surface area contributed by atoms with Gasteiger partial charge in [-0.15, -0.1) is 72.0 Å². The summed E-state index contributed by atoms with van der Waals surface area (Å²) in [4.78, 5) is 0. The molecule has 0 aliphatic carbocycles. The zero-order valence-electron chi connectivity index (χ0n) is 8.27. The van der Waals surface area contributed by atoms with E-state index in [0.717, 1.165) is 6.42 Å². The predicted octanol–water partition coefficient (Wildman–Crippen LogP) is 4.13. The minimum atomic E-state index is 0. The molecule has 0 N–H and O–H groups in total. The fraction of sp³-hybridized carbons (Fsp3) is 0.0833. The van der Waals surface area contributed by atoms with Crippen LogP contribution in [0.4, 0.5) is 0 Å². The SMILES string of the molecule is C=CC[c-]1ccc2ccccc21.Cl.Cl.[Zr]. The molecule has 0 fully saturated rings. The molecule has 0 amide bonds. The minimum Gasteiger partial charge on any atom is -0.168 e. The molecule has 2 aromatic carbocycles. The van der Waals surface area contributed by atoms with Crippen LogP contribution in [-0.2, 0) is 32.6 Å². The minimum absolute atomic E-state index is 0. The van der Waals surface area contributed by atoms with Crippen LogP contribution in [-0.4, -0.2) is 0 Å². The molecule has 0 saturated heterocycles. The van der Waals surface area contributed by atoms with Crippen molar-refractivity contribution in [2.45, 2.75) is 6.42 Å². The molecule has 0 radical (unpaired) electrons. The molecule has 80 valence electrons. The molecule has 0 aliphatic heterocycles. The molecule has 0 bridgehead atoms. The van der Waals surface area contributed by atoms with Gasteiger partial charge in [-0.3, -0.25) is 0 Å². The summed E-state index contributed by atoms with van der Waals surface area (Å²) in [6, 6.07) is 12.8. The third kappa shape index (κ3) is 3.83. The molecule has 0 aromatic heterocycles. The summed E-state index contributed by atoms with van der Waals surface area (Å²) >= 11 is 0. The third-order valence-corrected chi connectivity index (χ3v) is 2.14. The fourth-order valence-corrected chi connectivity index (χ4v) is 1.55. The smallest absolute Gasteiger partial charge is 0 e.